The molecule has 0 atom stereocenters. The Labute approximate surface area is 107 Å². The van der Waals surface area contributed by atoms with Gasteiger partial charge in [0.1, 0.15) is 0 Å². The van der Waals surface area contributed by atoms with Crippen molar-refractivity contribution in [2.75, 3.05) is 7.05 Å². The Kier molecular flexibility index (Phi) is 3.63. The number of benzene rings is 1. The normalized spacial score (nSPS) is 10.6. The topological polar surface area (TPSA) is 34.0 Å². The van der Waals surface area contributed by atoms with Gasteiger partial charge in [-0.3, -0.25) is 4.79 Å². The molecule has 0 bridgehead atoms. The van der Waals surface area contributed by atoms with E-state index in [9.17, 15) is 4.79 Å². The van der Waals surface area contributed by atoms with E-state index in [2.05, 4.69) is 29.6 Å². The predicted octanol–water partition coefficient (Wildman–Crippen LogP) is 2.08. The van der Waals surface area contributed by atoms with Crippen molar-refractivity contribution in [2.24, 2.45) is 7.05 Å². The van der Waals surface area contributed by atoms with E-state index in [4.69, 9.17) is 0 Å². The molecule has 1 aromatic carbocycles. The van der Waals surface area contributed by atoms with Gasteiger partial charge in [0, 0.05) is 25.4 Å². The molecule has 1 N–H and O–H groups in total. The van der Waals surface area contributed by atoms with Crippen LogP contribution in [0.1, 0.15) is 11.1 Å². The van der Waals surface area contributed by atoms with Crippen LogP contribution in [-0.2, 0) is 13.6 Å². The van der Waals surface area contributed by atoms with E-state index in [-0.39, 0.29) is 5.56 Å². The lowest BCUT2D eigenvalue weighted by Gasteiger charge is -2.07. The van der Waals surface area contributed by atoms with Crippen LogP contribution >= 0.6 is 0 Å². The summed E-state index contributed by atoms with van der Waals surface area (Å²) in [6.45, 7) is 2.72. The fourth-order valence-electron chi connectivity index (χ4n) is 2.05. The molecule has 0 fully saturated rings. The molecule has 3 heteroatoms. The van der Waals surface area contributed by atoms with Gasteiger partial charge in [-0.1, -0.05) is 24.3 Å². The van der Waals surface area contributed by atoms with Crippen LogP contribution < -0.4 is 10.9 Å². The quantitative estimate of drug-likeness (QED) is 0.894. The Bertz CT molecular complexity index is 571. The second kappa shape index (κ2) is 5.19. The van der Waals surface area contributed by atoms with Gasteiger partial charge in [0.15, 0.2) is 0 Å². The van der Waals surface area contributed by atoms with Crippen molar-refractivity contribution >= 4 is 0 Å². The first kappa shape index (κ1) is 12.6. The summed E-state index contributed by atoms with van der Waals surface area (Å²) in [5.41, 5.74) is 4.29. The van der Waals surface area contributed by atoms with Crippen LogP contribution in [0.3, 0.4) is 0 Å². The Morgan fingerprint density at radius 2 is 1.83 bits per heavy atom. The van der Waals surface area contributed by atoms with Gasteiger partial charge in [-0.05, 0) is 36.7 Å². The average molecular weight is 242 g/mol. The molecule has 0 radical (unpaired) electrons. The first-order chi connectivity index (χ1) is 8.61. The zero-order valence-electron chi connectivity index (χ0n) is 11.0. The van der Waals surface area contributed by atoms with Crippen LogP contribution in [0.25, 0.3) is 11.1 Å². The molecule has 1 heterocycles. The third-order valence-corrected chi connectivity index (χ3v) is 3.03. The average Bonchev–Trinajstić information content (AvgIpc) is 2.37. The second-order valence-corrected chi connectivity index (χ2v) is 4.56. The van der Waals surface area contributed by atoms with E-state index in [0.717, 1.165) is 23.2 Å². The Hall–Kier alpha value is -1.87. The van der Waals surface area contributed by atoms with E-state index in [1.54, 1.807) is 11.6 Å². The van der Waals surface area contributed by atoms with Crippen LogP contribution in [0.15, 0.2) is 41.3 Å². The maximum absolute atomic E-state index is 11.6. The summed E-state index contributed by atoms with van der Waals surface area (Å²) >= 11 is 0. The summed E-state index contributed by atoms with van der Waals surface area (Å²) in [5.74, 6) is 0. The minimum Gasteiger partial charge on any atom is -0.318 e. The first-order valence-corrected chi connectivity index (χ1v) is 6.03. The Morgan fingerprint density at radius 3 is 2.39 bits per heavy atom. The molecule has 2 rings (SSSR count). The molecule has 0 saturated carbocycles. The number of hydrogen-bond donors (Lipinski definition) is 1. The highest BCUT2D eigenvalue weighted by Crippen LogP contribution is 2.19. The van der Waals surface area contributed by atoms with Crippen molar-refractivity contribution in [3.63, 3.8) is 0 Å². The standard InChI is InChI=1S/C15H18N2O/c1-11-8-14(10-17(3)15(11)18)13-6-4-12(5-7-13)9-16-2/h4-8,10,16H,9H2,1-3H3. The minimum atomic E-state index is 0.0607. The largest absolute Gasteiger partial charge is 0.318 e. The Morgan fingerprint density at radius 1 is 1.17 bits per heavy atom. The summed E-state index contributed by atoms with van der Waals surface area (Å²) in [6.07, 6.45) is 1.88. The van der Waals surface area contributed by atoms with Crippen molar-refractivity contribution in [3.8, 4) is 11.1 Å². The monoisotopic (exact) mass is 242 g/mol. The number of hydrogen-bond acceptors (Lipinski definition) is 2. The molecule has 1 aromatic heterocycles. The van der Waals surface area contributed by atoms with Gasteiger partial charge in [0.25, 0.3) is 5.56 Å². The number of nitrogens with zero attached hydrogens (tertiary/aromatic N) is 1. The van der Waals surface area contributed by atoms with Crippen molar-refractivity contribution in [3.05, 3.63) is 58.0 Å². The molecule has 3 nitrogen and oxygen atoms in total. The fraction of sp³-hybridized carbons (Fsp3) is 0.267. The molecule has 18 heavy (non-hydrogen) atoms. The van der Waals surface area contributed by atoms with Crippen molar-refractivity contribution in [2.45, 2.75) is 13.5 Å². The Balaban J connectivity index is 2.40. The van der Waals surface area contributed by atoms with Crippen molar-refractivity contribution in [1.29, 1.82) is 0 Å². The van der Waals surface area contributed by atoms with E-state index in [1.807, 2.05) is 26.2 Å². The number of nitrogens with one attached hydrogen (secondary N) is 1. The van der Waals surface area contributed by atoms with Crippen molar-refractivity contribution < 1.29 is 0 Å². The van der Waals surface area contributed by atoms with Gasteiger partial charge >= 0.3 is 0 Å². The van der Waals surface area contributed by atoms with E-state index >= 15 is 0 Å². The van der Waals surface area contributed by atoms with E-state index in [0.29, 0.717) is 0 Å². The third kappa shape index (κ3) is 2.51. The van der Waals surface area contributed by atoms with Crippen LogP contribution in [0.5, 0.6) is 0 Å². The van der Waals surface area contributed by atoms with Crippen LogP contribution in [0.4, 0.5) is 0 Å². The number of aromatic nitrogens is 1. The molecule has 0 aliphatic heterocycles. The minimum absolute atomic E-state index is 0.0607. The summed E-state index contributed by atoms with van der Waals surface area (Å²) in [4.78, 5) is 11.6. The van der Waals surface area contributed by atoms with Crippen LogP contribution in [0, 0.1) is 6.92 Å². The number of aryl methyl sites for hydroxylation is 2. The number of pyridine rings is 1. The first-order valence-electron chi connectivity index (χ1n) is 6.03. The molecule has 0 aliphatic rings. The van der Waals surface area contributed by atoms with Gasteiger partial charge in [0.05, 0.1) is 0 Å². The summed E-state index contributed by atoms with van der Waals surface area (Å²) < 4.78 is 1.63. The summed E-state index contributed by atoms with van der Waals surface area (Å²) in [6, 6.07) is 10.3. The summed E-state index contributed by atoms with van der Waals surface area (Å²) in [7, 11) is 3.72. The van der Waals surface area contributed by atoms with Gasteiger partial charge in [-0.25, -0.2) is 0 Å². The van der Waals surface area contributed by atoms with Gasteiger partial charge in [-0.15, -0.1) is 0 Å². The molecule has 2 aromatic rings. The zero-order chi connectivity index (χ0) is 13.1. The molecule has 0 amide bonds. The van der Waals surface area contributed by atoms with Gasteiger partial charge in [0.2, 0.25) is 0 Å². The van der Waals surface area contributed by atoms with Gasteiger partial charge in [-0.2, -0.15) is 0 Å². The highest BCUT2D eigenvalue weighted by atomic mass is 16.1. The zero-order valence-corrected chi connectivity index (χ0v) is 11.0. The number of rotatable bonds is 3. The maximum atomic E-state index is 11.6. The molecule has 94 valence electrons. The highest BCUT2D eigenvalue weighted by Gasteiger charge is 2.03. The van der Waals surface area contributed by atoms with E-state index < -0.39 is 0 Å². The van der Waals surface area contributed by atoms with Crippen LogP contribution in [-0.4, -0.2) is 11.6 Å². The smallest absolute Gasteiger partial charge is 0.253 e. The third-order valence-electron chi connectivity index (χ3n) is 3.03. The molecule has 0 saturated heterocycles. The highest BCUT2D eigenvalue weighted by molar-refractivity contribution is 5.63. The maximum Gasteiger partial charge on any atom is 0.253 e. The molecule has 0 spiro atoms. The van der Waals surface area contributed by atoms with Crippen molar-refractivity contribution in [1.82, 2.24) is 9.88 Å². The molecule has 0 aliphatic carbocycles. The lowest BCUT2D eigenvalue weighted by molar-refractivity contribution is 0.818. The molecular formula is C15H18N2O. The summed E-state index contributed by atoms with van der Waals surface area (Å²) in [5, 5.41) is 3.12. The lowest BCUT2D eigenvalue weighted by Crippen LogP contribution is -2.18. The van der Waals surface area contributed by atoms with Crippen LogP contribution in [0.2, 0.25) is 0 Å². The SMILES string of the molecule is CNCc1ccc(-c2cc(C)c(=O)n(C)c2)cc1. The molecular weight excluding hydrogens is 224 g/mol. The predicted molar refractivity (Wildman–Crippen MR) is 74.6 cm³/mol. The van der Waals surface area contributed by atoms with E-state index in [1.165, 1.54) is 5.56 Å². The molecule has 0 unspecified atom stereocenters. The second-order valence-electron chi connectivity index (χ2n) is 4.56. The lowest BCUT2D eigenvalue weighted by atomic mass is 10.0. The fourth-order valence-corrected chi connectivity index (χ4v) is 2.05. The van der Waals surface area contributed by atoms with Gasteiger partial charge < -0.3 is 9.88 Å².